The van der Waals surface area contributed by atoms with E-state index in [0.717, 1.165) is 11.3 Å². The molecule has 0 aliphatic carbocycles. The summed E-state index contributed by atoms with van der Waals surface area (Å²) in [4.78, 5) is 8.26. The predicted molar refractivity (Wildman–Crippen MR) is 55.4 cm³/mol. The third-order valence-corrected chi connectivity index (χ3v) is 2.49. The Balaban J connectivity index is 3.09. The Labute approximate surface area is 84.5 Å². The van der Waals surface area contributed by atoms with Gasteiger partial charge in [-0.2, -0.15) is 0 Å². The summed E-state index contributed by atoms with van der Waals surface area (Å²) in [7, 11) is 1.61. The van der Waals surface area contributed by atoms with Gasteiger partial charge >= 0.3 is 0 Å². The first-order valence-electron chi connectivity index (χ1n) is 4.69. The second-order valence-corrected chi connectivity index (χ2v) is 3.54. The molecule has 0 fully saturated rings. The summed E-state index contributed by atoms with van der Waals surface area (Å²) in [6, 6.07) is 0.0771. The molecule has 0 spiro atoms. The van der Waals surface area contributed by atoms with Crippen molar-refractivity contribution in [2.45, 2.75) is 32.7 Å². The lowest BCUT2D eigenvalue weighted by Gasteiger charge is -2.17. The van der Waals surface area contributed by atoms with E-state index in [2.05, 4.69) is 16.9 Å². The van der Waals surface area contributed by atoms with Crippen molar-refractivity contribution in [3.8, 4) is 5.88 Å². The van der Waals surface area contributed by atoms with Crippen LogP contribution in [-0.2, 0) is 0 Å². The third kappa shape index (κ3) is 2.01. The van der Waals surface area contributed by atoms with Gasteiger partial charge in [-0.1, -0.05) is 6.92 Å². The second-order valence-electron chi connectivity index (χ2n) is 3.54. The predicted octanol–water partition coefficient (Wildman–Crippen LogP) is 1.24. The van der Waals surface area contributed by atoms with Crippen molar-refractivity contribution in [3.63, 3.8) is 0 Å². The summed E-state index contributed by atoms with van der Waals surface area (Å²) in [5.74, 6) is 0.842. The molecule has 0 saturated heterocycles. The van der Waals surface area contributed by atoms with Crippen molar-refractivity contribution < 1.29 is 4.74 Å². The van der Waals surface area contributed by atoms with Crippen LogP contribution in [0.15, 0.2) is 6.33 Å². The van der Waals surface area contributed by atoms with Crippen molar-refractivity contribution in [3.05, 3.63) is 17.6 Å². The zero-order valence-corrected chi connectivity index (χ0v) is 9.11. The van der Waals surface area contributed by atoms with Gasteiger partial charge in [0, 0.05) is 17.5 Å². The first-order chi connectivity index (χ1) is 6.57. The van der Waals surface area contributed by atoms with Crippen LogP contribution in [-0.4, -0.2) is 23.1 Å². The minimum absolute atomic E-state index is 0.0771. The fraction of sp³-hybridized carbons (Fsp3) is 0.600. The molecule has 4 nitrogen and oxygen atoms in total. The van der Waals surface area contributed by atoms with Gasteiger partial charge in [-0.3, -0.25) is 0 Å². The van der Waals surface area contributed by atoms with Gasteiger partial charge in [0.1, 0.15) is 6.33 Å². The lowest BCUT2D eigenvalue weighted by molar-refractivity contribution is 0.391. The van der Waals surface area contributed by atoms with Crippen LogP contribution in [0.2, 0.25) is 0 Å². The quantitative estimate of drug-likeness (QED) is 0.788. The van der Waals surface area contributed by atoms with Gasteiger partial charge in [0.15, 0.2) is 0 Å². The minimum Gasteiger partial charge on any atom is -0.481 e. The Hall–Kier alpha value is -1.16. The lowest BCUT2D eigenvalue weighted by atomic mass is 9.97. The van der Waals surface area contributed by atoms with E-state index < -0.39 is 0 Å². The Bertz CT molecular complexity index is 312. The highest BCUT2D eigenvalue weighted by molar-refractivity contribution is 5.30. The summed E-state index contributed by atoms with van der Waals surface area (Å²) in [5.41, 5.74) is 7.76. The molecule has 1 aromatic rings. The van der Waals surface area contributed by atoms with Crippen LogP contribution in [0, 0.1) is 6.92 Å². The van der Waals surface area contributed by atoms with Gasteiger partial charge in [0.2, 0.25) is 5.88 Å². The molecule has 0 bridgehead atoms. The monoisotopic (exact) mass is 195 g/mol. The molecule has 0 saturated carbocycles. The Morgan fingerprint density at radius 2 is 2.00 bits per heavy atom. The van der Waals surface area contributed by atoms with Gasteiger partial charge in [0.05, 0.1) is 12.8 Å². The Kier molecular flexibility index (Phi) is 3.41. The van der Waals surface area contributed by atoms with Crippen molar-refractivity contribution in [1.29, 1.82) is 0 Å². The van der Waals surface area contributed by atoms with Crippen molar-refractivity contribution >= 4 is 0 Å². The minimum atomic E-state index is 0.0771. The molecule has 0 aliphatic heterocycles. The molecule has 0 radical (unpaired) electrons. The number of nitrogens with zero attached hydrogens (tertiary/aromatic N) is 2. The largest absolute Gasteiger partial charge is 0.481 e. The standard InChI is InChI=1S/C10H17N3O/c1-6(8(3)11)9-7(2)10(14-4)13-5-12-9/h5-6,8H,11H2,1-4H3. The first-order valence-corrected chi connectivity index (χ1v) is 4.69. The third-order valence-electron chi connectivity index (χ3n) is 2.49. The van der Waals surface area contributed by atoms with Crippen LogP contribution < -0.4 is 10.5 Å². The molecule has 1 rings (SSSR count). The maximum atomic E-state index is 5.83. The Morgan fingerprint density at radius 3 is 2.50 bits per heavy atom. The molecule has 4 heteroatoms. The number of aromatic nitrogens is 2. The zero-order valence-electron chi connectivity index (χ0n) is 9.11. The van der Waals surface area contributed by atoms with Crippen LogP contribution in [0.3, 0.4) is 0 Å². The van der Waals surface area contributed by atoms with Gasteiger partial charge in [-0.15, -0.1) is 0 Å². The molecule has 14 heavy (non-hydrogen) atoms. The fourth-order valence-electron chi connectivity index (χ4n) is 1.36. The Morgan fingerprint density at radius 1 is 1.36 bits per heavy atom. The topological polar surface area (TPSA) is 61.0 Å². The molecule has 1 aromatic heterocycles. The van der Waals surface area contributed by atoms with E-state index in [0.29, 0.717) is 5.88 Å². The fourth-order valence-corrected chi connectivity index (χ4v) is 1.36. The number of ether oxygens (including phenoxy) is 1. The summed E-state index contributed by atoms with van der Waals surface area (Å²) in [6.45, 7) is 5.98. The SMILES string of the molecule is COc1ncnc(C(C)C(C)N)c1C. The van der Waals surface area contributed by atoms with E-state index in [1.165, 1.54) is 6.33 Å². The highest BCUT2D eigenvalue weighted by Gasteiger charge is 2.16. The smallest absolute Gasteiger partial charge is 0.219 e. The molecular formula is C10H17N3O. The van der Waals surface area contributed by atoms with E-state index in [9.17, 15) is 0 Å². The number of rotatable bonds is 3. The molecular weight excluding hydrogens is 178 g/mol. The molecule has 2 N–H and O–H groups in total. The first kappa shape index (κ1) is 10.9. The molecule has 78 valence electrons. The summed E-state index contributed by atoms with van der Waals surface area (Å²) < 4.78 is 5.12. The molecule has 2 unspecified atom stereocenters. The molecule has 2 atom stereocenters. The van der Waals surface area contributed by atoms with Gasteiger partial charge in [-0.05, 0) is 13.8 Å². The molecule has 0 aliphatic rings. The van der Waals surface area contributed by atoms with E-state index in [-0.39, 0.29) is 12.0 Å². The van der Waals surface area contributed by atoms with E-state index in [1.807, 2.05) is 13.8 Å². The molecule has 0 amide bonds. The van der Waals surface area contributed by atoms with Crippen molar-refractivity contribution in [2.24, 2.45) is 5.73 Å². The van der Waals surface area contributed by atoms with Crippen LogP contribution in [0.4, 0.5) is 0 Å². The van der Waals surface area contributed by atoms with Gasteiger partial charge in [-0.25, -0.2) is 9.97 Å². The number of hydrogen-bond donors (Lipinski definition) is 1. The summed E-state index contributed by atoms with van der Waals surface area (Å²) in [5, 5.41) is 0. The normalized spacial score (nSPS) is 14.9. The van der Waals surface area contributed by atoms with E-state index >= 15 is 0 Å². The number of nitrogens with two attached hydrogens (primary N) is 1. The van der Waals surface area contributed by atoms with Gasteiger partial charge < -0.3 is 10.5 Å². The lowest BCUT2D eigenvalue weighted by Crippen LogP contribution is -2.24. The zero-order chi connectivity index (χ0) is 10.7. The maximum absolute atomic E-state index is 5.83. The van der Waals surface area contributed by atoms with Crippen LogP contribution in [0.5, 0.6) is 5.88 Å². The number of methoxy groups -OCH3 is 1. The average Bonchev–Trinajstić information content (AvgIpc) is 2.17. The summed E-state index contributed by atoms with van der Waals surface area (Å²) >= 11 is 0. The van der Waals surface area contributed by atoms with E-state index in [4.69, 9.17) is 10.5 Å². The van der Waals surface area contributed by atoms with Crippen molar-refractivity contribution in [2.75, 3.05) is 7.11 Å². The molecule has 0 aromatic carbocycles. The average molecular weight is 195 g/mol. The van der Waals surface area contributed by atoms with Crippen LogP contribution in [0.1, 0.15) is 31.0 Å². The van der Waals surface area contributed by atoms with Crippen LogP contribution in [0.25, 0.3) is 0 Å². The molecule has 1 heterocycles. The van der Waals surface area contributed by atoms with Gasteiger partial charge in [0.25, 0.3) is 0 Å². The highest BCUT2D eigenvalue weighted by Crippen LogP contribution is 2.24. The maximum Gasteiger partial charge on any atom is 0.219 e. The van der Waals surface area contributed by atoms with E-state index in [1.54, 1.807) is 7.11 Å². The highest BCUT2D eigenvalue weighted by atomic mass is 16.5. The second kappa shape index (κ2) is 4.37. The van der Waals surface area contributed by atoms with Crippen molar-refractivity contribution in [1.82, 2.24) is 9.97 Å². The number of hydrogen-bond acceptors (Lipinski definition) is 4. The van der Waals surface area contributed by atoms with Crippen LogP contribution >= 0.6 is 0 Å². The summed E-state index contributed by atoms with van der Waals surface area (Å²) in [6.07, 6.45) is 1.51.